The number of carbonyl (C=O) groups is 1. The van der Waals surface area contributed by atoms with Crippen molar-refractivity contribution in [2.75, 3.05) is 7.11 Å². The molecule has 0 saturated carbocycles. The molecule has 0 aliphatic rings. The number of nitrogens with zero attached hydrogens (tertiary/aromatic N) is 1. The fourth-order valence-corrected chi connectivity index (χ4v) is 2.54. The van der Waals surface area contributed by atoms with E-state index >= 15 is 0 Å². The van der Waals surface area contributed by atoms with Gasteiger partial charge in [-0.1, -0.05) is 23.7 Å². The number of ketones is 1. The highest BCUT2D eigenvalue weighted by Gasteiger charge is 2.18. The van der Waals surface area contributed by atoms with Crippen LogP contribution in [0.25, 0.3) is 6.08 Å². The first-order valence-electron chi connectivity index (χ1n) is 7.82. The van der Waals surface area contributed by atoms with Crippen LogP contribution in [0.15, 0.2) is 42.0 Å². The SMILES string of the molecule is COc1cc(/C=C(\C#N)C(=O)c2ccccc2F)cc(Cl)c1OC(C)C. The Morgan fingerprint density at radius 2 is 2.00 bits per heavy atom. The van der Waals surface area contributed by atoms with E-state index in [1.165, 1.54) is 37.5 Å². The summed E-state index contributed by atoms with van der Waals surface area (Å²) in [7, 11) is 1.46. The van der Waals surface area contributed by atoms with Crippen molar-refractivity contribution < 1.29 is 18.7 Å². The highest BCUT2D eigenvalue weighted by molar-refractivity contribution is 6.32. The van der Waals surface area contributed by atoms with Crippen LogP contribution in [0.1, 0.15) is 29.8 Å². The maximum atomic E-state index is 13.8. The molecule has 0 saturated heterocycles. The smallest absolute Gasteiger partial charge is 0.206 e. The maximum absolute atomic E-state index is 13.8. The molecule has 6 heteroatoms. The molecule has 2 rings (SSSR count). The van der Waals surface area contributed by atoms with Crippen LogP contribution in [0.4, 0.5) is 4.39 Å². The molecule has 0 aromatic heterocycles. The van der Waals surface area contributed by atoms with E-state index in [0.29, 0.717) is 17.1 Å². The molecule has 0 aliphatic carbocycles. The molecule has 0 N–H and O–H groups in total. The van der Waals surface area contributed by atoms with Gasteiger partial charge in [0.25, 0.3) is 0 Å². The average Bonchev–Trinajstić information content (AvgIpc) is 2.61. The topological polar surface area (TPSA) is 59.3 Å². The molecule has 0 fully saturated rings. The van der Waals surface area contributed by atoms with E-state index in [4.69, 9.17) is 21.1 Å². The number of nitriles is 1. The van der Waals surface area contributed by atoms with Crippen LogP contribution in [-0.4, -0.2) is 19.0 Å². The van der Waals surface area contributed by atoms with Gasteiger partial charge in [0.1, 0.15) is 17.5 Å². The van der Waals surface area contributed by atoms with Crippen LogP contribution >= 0.6 is 11.6 Å². The Hall–Kier alpha value is -2.84. The minimum Gasteiger partial charge on any atom is -0.493 e. The van der Waals surface area contributed by atoms with Gasteiger partial charge in [-0.2, -0.15) is 5.26 Å². The molecule has 2 aromatic carbocycles. The lowest BCUT2D eigenvalue weighted by molar-refractivity contribution is 0.103. The van der Waals surface area contributed by atoms with Crippen molar-refractivity contribution in [2.45, 2.75) is 20.0 Å². The maximum Gasteiger partial charge on any atom is 0.206 e. The van der Waals surface area contributed by atoms with E-state index in [1.54, 1.807) is 12.1 Å². The Morgan fingerprint density at radius 1 is 1.31 bits per heavy atom. The number of ether oxygens (including phenoxy) is 2. The monoisotopic (exact) mass is 373 g/mol. The molecule has 0 bridgehead atoms. The van der Waals surface area contributed by atoms with E-state index in [-0.39, 0.29) is 22.3 Å². The zero-order valence-corrected chi connectivity index (χ0v) is 15.3. The van der Waals surface area contributed by atoms with Crippen molar-refractivity contribution in [1.82, 2.24) is 0 Å². The van der Waals surface area contributed by atoms with Crippen molar-refractivity contribution in [1.29, 1.82) is 5.26 Å². The van der Waals surface area contributed by atoms with Crippen LogP contribution < -0.4 is 9.47 Å². The minimum absolute atomic E-state index is 0.111. The van der Waals surface area contributed by atoms with Crippen molar-refractivity contribution in [3.05, 3.63) is 63.9 Å². The standard InChI is InChI=1S/C20H17ClFNO3/c1-12(2)26-20-16(21)9-13(10-18(20)25-3)8-14(11-23)19(24)15-6-4-5-7-17(15)22/h4-10,12H,1-3H3/b14-8+. The molecular formula is C20H17ClFNO3. The number of hydrogen-bond acceptors (Lipinski definition) is 4. The van der Waals surface area contributed by atoms with Gasteiger partial charge >= 0.3 is 0 Å². The number of allylic oxidation sites excluding steroid dienone is 1. The summed E-state index contributed by atoms with van der Waals surface area (Å²) in [5, 5.41) is 9.61. The van der Waals surface area contributed by atoms with Crippen LogP contribution in [0.5, 0.6) is 11.5 Å². The lowest BCUT2D eigenvalue weighted by atomic mass is 10.0. The summed E-state index contributed by atoms with van der Waals surface area (Å²) in [6, 6.07) is 10.5. The van der Waals surface area contributed by atoms with Gasteiger partial charge in [0.2, 0.25) is 5.78 Å². The summed E-state index contributed by atoms with van der Waals surface area (Å²) in [4.78, 5) is 12.4. The summed E-state index contributed by atoms with van der Waals surface area (Å²) in [5.74, 6) is -0.647. The zero-order valence-electron chi connectivity index (χ0n) is 14.5. The molecule has 0 unspecified atom stereocenters. The van der Waals surface area contributed by atoms with Gasteiger partial charge in [-0.3, -0.25) is 4.79 Å². The fourth-order valence-electron chi connectivity index (χ4n) is 2.28. The quantitative estimate of drug-likeness (QED) is 0.403. The number of carbonyl (C=O) groups excluding carboxylic acids is 1. The Bertz CT molecular complexity index is 900. The highest BCUT2D eigenvalue weighted by Crippen LogP contribution is 2.37. The predicted octanol–water partition coefficient (Wildman–Crippen LogP) is 5.06. The zero-order chi connectivity index (χ0) is 19.3. The van der Waals surface area contributed by atoms with Gasteiger partial charge in [0.05, 0.1) is 23.8 Å². The molecule has 0 heterocycles. The second kappa shape index (κ2) is 8.50. The third kappa shape index (κ3) is 4.41. The third-order valence-corrected chi connectivity index (χ3v) is 3.68. The van der Waals surface area contributed by atoms with Gasteiger partial charge in [-0.25, -0.2) is 4.39 Å². The second-order valence-corrected chi connectivity index (χ2v) is 6.09. The van der Waals surface area contributed by atoms with Gasteiger partial charge < -0.3 is 9.47 Å². The molecule has 0 amide bonds. The van der Waals surface area contributed by atoms with Gasteiger partial charge in [-0.05, 0) is 49.8 Å². The van der Waals surface area contributed by atoms with E-state index in [2.05, 4.69) is 0 Å². The molecule has 0 spiro atoms. The first-order chi connectivity index (χ1) is 12.4. The lowest BCUT2D eigenvalue weighted by Gasteiger charge is -2.15. The number of halogens is 2. The largest absolute Gasteiger partial charge is 0.493 e. The Balaban J connectivity index is 2.47. The summed E-state index contributed by atoms with van der Waals surface area (Å²) >= 11 is 6.24. The molecule has 2 aromatic rings. The summed E-state index contributed by atoms with van der Waals surface area (Å²) < 4.78 is 24.7. The summed E-state index contributed by atoms with van der Waals surface area (Å²) in [6.07, 6.45) is 1.22. The minimum atomic E-state index is -0.705. The fraction of sp³-hybridized carbons (Fsp3) is 0.200. The van der Waals surface area contributed by atoms with Crippen LogP contribution in [0, 0.1) is 17.1 Å². The van der Waals surface area contributed by atoms with Crippen molar-refractivity contribution >= 4 is 23.5 Å². The number of hydrogen-bond donors (Lipinski definition) is 0. The second-order valence-electron chi connectivity index (χ2n) is 5.68. The Kier molecular flexibility index (Phi) is 6.37. The molecule has 0 radical (unpaired) electrons. The van der Waals surface area contributed by atoms with Crippen LogP contribution in [0.3, 0.4) is 0 Å². The summed E-state index contributed by atoms with van der Waals surface area (Å²) in [5.41, 5.74) is 0.0769. The Labute approximate surface area is 156 Å². The van der Waals surface area contributed by atoms with E-state index in [1.807, 2.05) is 19.9 Å². The molecule has 4 nitrogen and oxygen atoms in total. The number of Topliss-reactive ketones (excluding diaryl/α,β-unsaturated/α-hetero) is 1. The van der Waals surface area contributed by atoms with Crippen molar-refractivity contribution in [2.24, 2.45) is 0 Å². The van der Waals surface area contributed by atoms with Gasteiger partial charge in [0.15, 0.2) is 11.5 Å². The van der Waals surface area contributed by atoms with Crippen LogP contribution in [-0.2, 0) is 0 Å². The lowest BCUT2D eigenvalue weighted by Crippen LogP contribution is -2.07. The van der Waals surface area contributed by atoms with Crippen molar-refractivity contribution in [3.8, 4) is 17.6 Å². The first-order valence-corrected chi connectivity index (χ1v) is 8.20. The molecule has 134 valence electrons. The third-order valence-electron chi connectivity index (χ3n) is 3.40. The van der Waals surface area contributed by atoms with E-state index in [0.717, 1.165) is 0 Å². The Morgan fingerprint density at radius 3 is 2.58 bits per heavy atom. The molecular weight excluding hydrogens is 357 g/mol. The normalized spacial score (nSPS) is 11.2. The highest BCUT2D eigenvalue weighted by atomic mass is 35.5. The first kappa shape index (κ1) is 19.5. The molecule has 26 heavy (non-hydrogen) atoms. The molecule has 0 aliphatic heterocycles. The summed E-state index contributed by atoms with van der Waals surface area (Å²) in [6.45, 7) is 3.70. The molecule has 0 atom stereocenters. The van der Waals surface area contributed by atoms with Crippen molar-refractivity contribution in [3.63, 3.8) is 0 Å². The average molecular weight is 374 g/mol. The predicted molar refractivity (Wildman–Crippen MR) is 98.1 cm³/mol. The number of rotatable bonds is 6. The van der Waals surface area contributed by atoms with Gasteiger partial charge in [-0.15, -0.1) is 0 Å². The van der Waals surface area contributed by atoms with Crippen LogP contribution in [0.2, 0.25) is 5.02 Å². The van der Waals surface area contributed by atoms with Gasteiger partial charge in [0, 0.05) is 0 Å². The number of methoxy groups -OCH3 is 1. The van der Waals surface area contributed by atoms with E-state index < -0.39 is 11.6 Å². The van der Waals surface area contributed by atoms with E-state index in [9.17, 15) is 14.4 Å². The number of benzene rings is 2.